The minimum atomic E-state index is -4.19. The Balaban J connectivity index is -0.0000000871. The third-order valence-electron chi connectivity index (χ3n) is 0.463. The number of rotatable bonds is 0. The van der Waals surface area contributed by atoms with Crippen LogP contribution in [0.15, 0.2) is 25.3 Å². The van der Waals surface area contributed by atoms with Gasteiger partial charge >= 0.3 is 24.7 Å². The molecule has 0 aliphatic rings. The van der Waals surface area contributed by atoms with Crippen LogP contribution in [0.25, 0.3) is 0 Å². The molecule has 6 nitrogen and oxygen atoms in total. The molecule has 0 aliphatic carbocycles. The topological polar surface area (TPSA) is 115 Å². The van der Waals surface area contributed by atoms with Crippen molar-refractivity contribution in [2.75, 3.05) is 0 Å². The third-order valence-corrected chi connectivity index (χ3v) is 0.463. The smallest absolute Gasteiger partial charge is 0.450 e. The van der Waals surface area contributed by atoms with Crippen molar-refractivity contribution in [2.24, 2.45) is 0 Å². The van der Waals surface area contributed by atoms with Crippen molar-refractivity contribution >= 4 is 12.3 Å². The lowest BCUT2D eigenvalue weighted by Crippen LogP contribution is -1.98. The van der Waals surface area contributed by atoms with Gasteiger partial charge in [-0.3, -0.25) is 0 Å². The van der Waals surface area contributed by atoms with Gasteiger partial charge in [0.05, 0.1) is 0 Å². The second kappa shape index (κ2) is 13.0. The molecule has 0 atom stereocenters. The maximum atomic E-state index is 10.7. The number of hydrogen-bond donors (Lipinski definition) is 4. The number of carbonyl (C=O) groups is 2. The van der Waals surface area contributed by atoms with E-state index < -0.39 is 24.7 Å². The molecular formula is C8H10F6O6. The summed E-state index contributed by atoms with van der Waals surface area (Å²) in [5.41, 5.74) is 0. The van der Waals surface area contributed by atoms with Gasteiger partial charge in [-0.25, -0.2) is 9.59 Å². The van der Waals surface area contributed by atoms with Crippen LogP contribution in [0.1, 0.15) is 0 Å². The molecule has 120 valence electrons. The normalized spacial score (nSPS) is 9.10. The highest BCUT2D eigenvalue weighted by Crippen LogP contribution is 2.14. The molecule has 0 aromatic heterocycles. The molecule has 0 saturated heterocycles. The Morgan fingerprint density at radius 3 is 0.750 bits per heavy atom. The molecule has 0 saturated carbocycles. The lowest BCUT2D eigenvalue weighted by molar-refractivity contribution is -0.0804. The summed E-state index contributed by atoms with van der Waals surface area (Å²) in [6.07, 6.45) is -12.2. The third kappa shape index (κ3) is 257. The van der Waals surface area contributed by atoms with Crippen LogP contribution in [-0.4, -0.2) is 45.1 Å². The van der Waals surface area contributed by atoms with Gasteiger partial charge in [0.2, 0.25) is 0 Å². The van der Waals surface area contributed by atoms with E-state index in [9.17, 15) is 26.3 Å². The van der Waals surface area contributed by atoms with E-state index >= 15 is 0 Å². The van der Waals surface area contributed by atoms with E-state index in [0.717, 1.165) is 0 Å². The summed E-state index contributed by atoms with van der Waals surface area (Å²) in [5, 5.41) is 27.9. The number of halogens is 6. The fraction of sp³-hybridized carbons (Fsp3) is 0.250. The van der Waals surface area contributed by atoms with Crippen molar-refractivity contribution in [1.29, 1.82) is 0 Å². The standard InChI is InChI=1S/2C3H3F3.2CH2O3/c2*1-2-3(4,5)6;2*2-1(3)4/h2*2H,1H2;2*(H2,2,3,4). The minimum absolute atomic E-state index is 0.0625. The molecule has 0 heterocycles. The number of alkyl halides is 6. The fourth-order valence-corrected chi connectivity index (χ4v) is 0. The zero-order valence-electron chi connectivity index (χ0n) is 9.44. The molecule has 0 fully saturated rings. The van der Waals surface area contributed by atoms with E-state index in [1.165, 1.54) is 0 Å². The highest BCUT2D eigenvalue weighted by molar-refractivity contribution is 5.53. The molecule has 0 spiro atoms. The molecule has 4 N–H and O–H groups in total. The van der Waals surface area contributed by atoms with Crippen molar-refractivity contribution < 1.29 is 56.4 Å². The maximum absolute atomic E-state index is 10.7. The summed E-state index contributed by atoms with van der Waals surface area (Å²) in [5.74, 6) is 0. The predicted molar refractivity (Wildman–Crippen MR) is 53.8 cm³/mol. The number of allylic oxidation sites excluding steroid dienone is 2. The van der Waals surface area contributed by atoms with Gasteiger partial charge in [-0.05, 0) is 0 Å². The Morgan fingerprint density at radius 2 is 0.750 bits per heavy atom. The second-order valence-electron chi connectivity index (χ2n) is 2.06. The van der Waals surface area contributed by atoms with Crippen LogP contribution in [0.4, 0.5) is 35.9 Å². The van der Waals surface area contributed by atoms with Crippen LogP contribution < -0.4 is 0 Å². The summed E-state index contributed by atoms with van der Waals surface area (Å²) in [6.45, 7) is 5.01. The fourth-order valence-electron chi connectivity index (χ4n) is 0. The number of hydrogen-bond acceptors (Lipinski definition) is 2. The van der Waals surface area contributed by atoms with Gasteiger partial charge in [0.25, 0.3) is 0 Å². The van der Waals surface area contributed by atoms with Gasteiger partial charge in [-0.1, -0.05) is 13.2 Å². The molecule has 12 heteroatoms. The average molecular weight is 316 g/mol. The van der Waals surface area contributed by atoms with E-state index in [1.54, 1.807) is 0 Å². The summed E-state index contributed by atoms with van der Waals surface area (Å²) in [6, 6.07) is 0. The van der Waals surface area contributed by atoms with Crippen molar-refractivity contribution in [2.45, 2.75) is 12.4 Å². The first-order chi connectivity index (χ1) is 8.59. The molecule has 0 bridgehead atoms. The monoisotopic (exact) mass is 316 g/mol. The van der Waals surface area contributed by atoms with Crippen molar-refractivity contribution in [3.63, 3.8) is 0 Å². The van der Waals surface area contributed by atoms with E-state index in [2.05, 4.69) is 13.2 Å². The first-order valence-corrected chi connectivity index (χ1v) is 3.83. The van der Waals surface area contributed by atoms with Crippen molar-refractivity contribution in [3.8, 4) is 0 Å². The Labute approximate surface area is 107 Å². The van der Waals surface area contributed by atoms with Gasteiger partial charge in [-0.2, -0.15) is 26.3 Å². The van der Waals surface area contributed by atoms with Gasteiger partial charge in [0, 0.05) is 12.2 Å². The maximum Gasteiger partial charge on any atom is 0.503 e. The molecule has 0 radical (unpaired) electrons. The van der Waals surface area contributed by atoms with Crippen LogP contribution in [0.5, 0.6) is 0 Å². The molecule has 0 aliphatic heterocycles. The largest absolute Gasteiger partial charge is 0.503 e. The Bertz CT molecular complexity index is 257. The Hall–Kier alpha value is -2.40. The molecular weight excluding hydrogens is 306 g/mol. The van der Waals surface area contributed by atoms with E-state index in [1.807, 2.05) is 0 Å². The molecule has 20 heavy (non-hydrogen) atoms. The predicted octanol–water partition coefficient (Wildman–Crippen LogP) is 3.91. The SMILES string of the molecule is C=CC(F)(F)F.C=CC(F)(F)F.O=C(O)O.O=C(O)O. The van der Waals surface area contributed by atoms with Crippen molar-refractivity contribution in [1.82, 2.24) is 0 Å². The van der Waals surface area contributed by atoms with Crippen LogP contribution in [0.3, 0.4) is 0 Å². The summed E-state index contributed by atoms with van der Waals surface area (Å²) >= 11 is 0. The first kappa shape index (κ1) is 26.2. The van der Waals surface area contributed by atoms with E-state index in [4.69, 9.17) is 30.0 Å². The molecule has 0 amide bonds. The molecule has 0 aromatic carbocycles. The Kier molecular flexibility index (Phi) is 17.1. The quantitative estimate of drug-likeness (QED) is 0.398. The second-order valence-corrected chi connectivity index (χ2v) is 2.06. The first-order valence-electron chi connectivity index (χ1n) is 3.83. The minimum Gasteiger partial charge on any atom is -0.450 e. The van der Waals surface area contributed by atoms with Crippen LogP contribution in [0, 0.1) is 0 Å². The van der Waals surface area contributed by atoms with Gasteiger partial charge in [-0.15, -0.1) is 0 Å². The van der Waals surface area contributed by atoms with Crippen LogP contribution in [-0.2, 0) is 0 Å². The van der Waals surface area contributed by atoms with E-state index in [0.29, 0.717) is 0 Å². The number of carboxylic acid groups (broad SMARTS) is 4. The van der Waals surface area contributed by atoms with Crippen LogP contribution >= 0.6 is 0 Å². The highest BCUT2D eigenvalue weighted by atomic mass is 19.4. The highest BCUT2D eigenvalue weighted by Gasteiger charge is 2.20. The molecule has 0 rings (SSSR count). The van der Waals surface area contributed by atoms with Crippen molar-refractivity contribution in [3.05, 3.63) is 25.3 Å². The van der Waals surface area contributed by atoms with Gasteiger partial charge < -0.3 is 20.4 Å². The van der Waals surface area contributed by atoms with Crippen LogP contribution in [0.2, 0.25) is 0 Å². The lowest BCUT2D eigenvalue weighted by Gasteiger charge is -1.91. The van der Waals surface area contributed by atoms with E-state index in [-0.39, 0.29) is 12.2 Å². The summed E-state index contributed by atoms with van der Waals surface area (Å²) < 4.78 is 64.0. The summed E-state index contributed by atoms with van der Waals surface area (Å²) in [4.78, 5) is 17.1. The van der Waals surface area contributed by atoms with Gasteiger partial charge in [0.15, 0.2) is 0 Å². The summed E-state index contributed by atoms with van der Waals surface area (Å²) in [7, 11) is 0. The zero-order valence-corrected chi connectivity index (χ0v) is 9.44. The average Bonchev–Trinajstić information content (AvgIpc) is 2.14. The lowest BCUT2D eigenvalue weighted by atomic mass is 10.6. The Morgan fingerprint density at radius 1 is 0.700 bits per heavy atom. The molecule has 0 unspecified atom stereocenters. The molecule has 0 aromatic rings. The van der Waals surface area contributed by atoms with Gasteiger partial charge in [0.1, 0.15) is 0 Å². The zero-order chi connectivity index (χ0) is 17.6.